The van der Waals surface area contributed by atoms with Crippen molar-refractivity contribution >= 4 is 31.4 Å². The molecule has 17 heavy (non-hydrogen) atoms. The molecule has 0 aliphatic carbocycles. The molecule has 0 aromatic heterocycles. The third-order valence-corrected chi connectivity index (χ3v) is 6.97. The summed E-state index contributed by atoms with van der Waals surface area (Å²) in [5, 5.41) is 0. The lowest BCUT2D eigenvalue weighted by atomic mass is 10.1. The van der Waals surface area contributed by atoms with Crippen LogP contribution in [-0.4, -0.2) is 30.1 Å². The third kappa shape index (κ3) is 3.28. The van der Waals surface area contributed by atoms with E-state index in [2.05, 4.69) is 53.8 Å². The van der Waals surface area contributed by atoms with Crippen LogP contribution in [0.25, 0.3) is 0 Å². The number of hydrogen-bond donors (Lipinski definition) is 0. The van der Waals surface area contributed by atoms with E-state index in [4.69, 9.17) is 13.3 Å². The van der Waals surface area contributed by atoms with Gasteiger partial charge in [-0.1, -0.05) is 53.8 Å². The average Bonchev–Trinajstić information content (AvgIpc) is 2.41. The molecule has 0 saturated heterocycles. The van der Waals surface area contributed by atoms with Crippen LogP contribution >= 0.6 is 22.6 Å². The molecule has 0 spiro atoms. The molecule has 1 rings (SSSR count). The summed E-state index contributed by atoms with van der Waals surface area (Å²) in [6, 6.07) is 8.48. The standard InChI is InChI=1S/C12H19IO3Si/c1-10(17(14-2,15-3)16-4)12-7-5-6-11(8-12)9-13/h5-8,10H,9H2,1-4H3. The molecule has 96 valence electrons. The molecular formula is C12H19IO3Si. The molecule has 3 nitrogen and oxygen atoms in total. The van der Waals surface area contributed by atoms with Gasteiger partial charge >= 0.3 is 8.80 Å². The number of rotatable bonds is 6. The van der Waals surface area contributed by atoms with Gasteiger partial charge in [0.25, 0.3) is 0 Å². The van der Waals surface area contributed by atoms with Gasteiger partial charge in [0.2, 0.25) is 0 Å². The highest BCUT2D eigenvalue weighted by Gasteiger charge is 2.45. The van der Waals surface area contributed by atoms with Gasteiger partial charge in [0.1, 0.15) is 0 Å². The van der Waals surface area contributed by atoms with Crippen molar-refractivity contribution in [3.05, 3.63) is 35.4 Å². The Bertz CT molecular complexity index is 347. The second-order valence-electron chi connectivity index (χ2n) is 3.82. The van der Waals surface area contributed by atoms with Crippen molar-refractivity contribution in [3.63, 3.8) is 0 Å². The Morgan fingerprint density at radius 1 is 1.18 bits per heavy atom. The Morgan fingerprint density at radius 2 is 1.76 bits per heavy atom. The molecule has 0 fully saturated rings. The Kier molecular flexibility index (Phi) is 6.08. The maximum absolute atomic E-state index is 5.52. The minimum Gasteiger partial charge on any atom is -0.376 e. The van der Waals surface area contributed by atoms with Crippen LogP contribution in [0.1, 0.15) is 23.6 Å². The first kappa shape index (κ1) is 15.1. The zero-order chi connectivity index (χ0) is 12.9. The molecule has 1 unspecified atom stereocenters. The van der Waals surface area contributed by atoms with E-state index < -0.39 is 8.80 Å². The fraction of sp³-hybridized carbons (Fsp3) is 0.500. The van der Waals surface area contributed by atoms with E-state index in [1.807, 2.05) is 0 Å². The lowest BCUT2D eigenvalue weighted by molar-refractivity contribution is 0.114. The van der Waals surface area contributed by atoms with Gasteiger partial charge in [-0.2, -0.15) is 0 Å². The molecule has 1 atom stereocenters. The van der Waals surface area contributed by atoms with Crippen LogP contribution in [0.2, 0.25) is 0 Å². The number of alkyl halides is 1. The van der Waals surface area contributed by atoms with E-state index in [0.29, 0.717) is 0 Å². The van der Waals surface area contributed by atoms with Crippen molar-refractivity contribution in [3.8, 4) is 0 Å². The molecule has 0 N–H and O–H groups in total. The van der Waals surface area contributed by atoms with Crippen LogP contribution in [0.4, 0.5) is 0 Å². The summed E-state index contributed by atoms with van der Waals surface area (Å²) in [4.78, 5) is 0. The van der Waals surface area contributed by atoms with Crippen molar-refractivity contribution in [2.45, 2.75) is 16.9 Å². The summed E-state index contributed by atoms with van der Waals surface area (Å²) in [7, 11) is 2.35. The first-order valence-corrected chi connectivity index (χ1v) is 8.76. The topological polar surface area (TPSA) is 27.7 Å². The predicted octanol–water partition coefficient (Wildman–Crippen LogP) is 3.14. The first-order chi connectivity index (χ1) is 8.13. The molecule has 0 bridgehead atoms. The molecule has 0 heterocycles. The van der Waals surface area contributed by atoms with Crippen LogP contribution < -0.4 is 0 Å². The number of benzene rings is 1. The summed E-state index contributed by atoms with van der Waals surface area (Å²) in [6.07, 6.45) is 0. The van der Waals surface area contributed by atoms with E-state index in [9.17, 15) is 0 Å². The molecule has 0 radical (unpaired) electrons. The molecular weight excluding hydrogens is 347 g/mol. The fourth-order valence-corrected chi connectivity index (χ4v) is 4.55. The predicted molar refractivity (Wildman–Crippen MR) is 79.4 cm³/mol. The maximum atomic E-state index is 5.52. The van der Waals surface area contributed by atoms with Gasteiger partial charge in [-0.3, -0.25) is 0 Å². The van der Waals surface area contributed by atoms with Crippen LogP contribution in [0.15, 0.2) is 24.3 Å². The van der Waals surface area contributed by atoms with Gasteiger partial charge in [0, 0.05) is 25.8 Å². The average molecular weight is 366 g/mol. The highest BCUT2D eigenvalue weighted by Crippen LogP contribution is 2.29. The second-order valence-corrected chi connectivity index (χ2v) is 7.88. The Hall–Kier alpha value is 0.0469. The quantitative estimate of drug-likeness (QED) is 0.440. The minimum atomic E-state index is -2.60. The van der Waals surface area contributed by atoms with E-state index in [0.717, 1.165) is 4.43 Å². The summed E-state index contributed by atoms with van der Waals surface area (Å²) < 4.78 is 17.6. The summed E-state index contributed by atoms with van der Waals surface area (Å²) in [6.45, 7) is 2.09. The highest BCUT2D eigenvalue weighted by atomic mass is 127. The smallest absolute Gasteiger partial charge is 0.376 e. The second kappa shape index (κ2) is 6.84. The van der Waals surface area contributed by atoms with Crippen molar-refractivity contribution < 1.29 is 13.3 Å². The Labute approximate surface area is 118 Å². The number of hydrogen-bond acceptors (Lipinski definition) is 3. The van der Waals surface area contributed by atoms with Crippen LogP contribution in [0.5, 0.6) is 0 Å². The molecule has 0 amide bonds. The summed E-state index contributed by atoms with van der Waals surface area (Å²) in [5.74, 6) is 0. The minimum absolute atomic E-state index is 0.130. The molecule has 0 aliphatic rings. The van der Waals surface area contributed by atoms with Gasteiger partial charge in [-0.25, -0.2) is 0 Å². The molecule has 1 aromatic carbocycles. The van der Waals surface area contributed by atoms with Gasteiger partial charge < -0.3 is 13.3 Å². The Morgan fingerprint density at radius 3 is 2.24 bits per heavy atom. The summed E-state index contributed by atoms with van der Waals surface area (Å²) >= 11 is 2.36. The van der Waals surface area contributed by atoms with Crippen LogP contribution in [0, 0.1) is 0 Å². The van der Waals surface area contributed by atoms with Gasteiger partial charge in [-0.05, 0) is 11.1 Å². The summed E-state index contributed by atoms with van der Waals surface area (Å²) in [5.41, 5.74) is 2.64. The molecule has 5 heteroatoms. The van der Waals surface area contributed by atoms with Crippen LogP contribution in [0.3, 0.4) is 0 Å². The first-order valence-electron chi connectivity index (χ1n) is 5.43. The SMILES string of the molecule is CO[Si](OC)(OC)C(C)c1cccc(CI)c1. The van der Waals surface area contributed by atoms with Gasteiger partial charge in [-0.15, -0.1) is 0 Å². The lowest BCUT2D eigenvalue weighted by Gasteiger charge is -2.30. The Balaban J connectivity index is 3.04. The van der Waals surface area contributed by atoms with Gasteiger partial charge in [0.15, 0.2) is 0 Å². The van der Waals surface area contributed by atoms with E-state index in [-0.39, 0.29) is 5.54 Å². The zero-order valence-electron chi connectivity index (χ0n) is 10.7. The van der Waals surface area contributed by atoms with Crippen molar-refractivity contribution in [2.24, 2.45) is 0 Å². The third-order valence-electron chi connectivity index (χ3n) is 2.99. The molecule has 0 saturated carbocycles. The van der Waals surface area contributed by atoms with Crippen molar-refractivity contribution in [2.75, 3.05) is 21.3 Å². The molecule has 1 aromatic rings. The van der Waals surface area contributed by atoms with Crippen molar-refractivity contribution in [1.29, 1.82) is 0 Å². The number of halogens is 1. The largest absolute Gasteiger partial charge is 0.507 e. The molecule has 0 aliphatic heterocycles. The van der Waals surface area contributed by atoms with E-state index in [1.54, 1.807) is 21.3 Å². The monoisotopic (exact) mass is 366 g/mol. The zero-order valence-corrected chi connectivity index (χ0v) is 13.9. The van der Waals surface area contributed by atoms with Crippen molar-refractivity contribution in [1.82, 2.24) is 0 Å². The van der Waals surface area contributed by atoms with E-state index >= 15 is 0 Å². The van der Waals surface area contributed by atoms with Gasteiger partial charge in [0.05, 0.1) is 5.54 Å². The fourth-order valence-electron chi connectivity index (χ4n) is 1.93. The highest BCUT2D eigenvalue weighted by molar-refractivity contribution is 14.1. The normalized spacial score (nSPS) is 13.7. The maximum Gasteiger partial charge on any atom is 0.507 e. The van der Waals surface area contributed by atoms with E-state index in [1.165, 1.54) is 11.1 Å². The van der Waals surface area contributed by atoms with Crippen LogP contribution in [-0.2, 0) is 17.7 Å². The lowest BCUT2D eigenvalue weighted by Crippen LogP contribution is -2.48.